The summed E-state index contributed by atoms with van der Waals surface area (Å²) in [6, 6.07) is 16.0. The quantitative estimate of drug-likeness (QED) is 0.622. The maximum atomic E-state index is 13.1. The van der Waals surface area contributed by atoms with Crippen LogP contribution in [-0.4, -0.2) is 47.0 Å². The van der Waals surface area contributed by atoms with Crippen molar-refractivity contribution in [3.05, 3.63) is 83.0 Å². The molecule has 156 valence electrons. The molecule has 2 heterocycles. The molecule has 4 rings (SSSR count). The third-order valence-electron chi connectivity index (χ3n) is 5.29. The zero-order valence-corrected chi connectivity index (χ0v) is 16.9. The molecule has 6 nitrogen and oxygen atoms in total. The molecule has 0 bridgehead atoms. The number of halogens is 1. The summed E-state index contributed by atoms with van der Waals surface area (Å²) in [6.45, 7) is 5.45. The zero-order chi connectivity index (χ0) is 20.9. The van der Waals surface area contributed by atoms with E-state index in [0.717, 1.165) is 30.9 Å². The minimum Gasteiger partial charge on any atom is -0.489 e. The number of carbonyl (C=O) groups excluding carboxylic acids is 1. The highest BCUT2D eigenvalue weighted by Crippen LogP contribution is 2.20. The molecule has 0 spiro atoms. The molecule has 0 saturated carbocycles. The van der Waals surface area contributed by atoms with Gasteiger partial charge in [0.25, 0.3) is 5.91 Å². The number of rotatable bonds is 6. The summed E-state index contributed by atoms with van der Waals surface area (Å²) in [6.07, 6.45) is 0. The molecular weight excluding hydrogens is 385 g/mol. The molecule has 0 radical (unpaired) electrons. The number of aromatic nitrogens is 1. The molecule has 1 amide bonds. The molecule has 30 heavy (non-hydrogen) atoms. The third kappa shape index (κ3) is 4.68. The molecule has 7 heteroatoms. The van der Waals surface area contributed by atoms with Gasteiger partial charge < -0.3 is 14.2 Å². The molecule has 1 aliphatic rings. The normalized spacial score (nSPS) is 14.7. The summed E-state index contributed by atoms with van der Waals surface area (Å²) in [5, 5.41) is 4.00. The molecule has 0 unspecified atom stereocenters. The molecule has 0 aliphatic carbocycles. The summed E-state index contributed by atoms with van der Waals surface area (Å²) in [5.41, 5.74) is 2.05. The van der Waals surface area contributed by atoms with Gasteiger partial charge in [-0.3, -0.25) is 9.69 Å². The van der Waals surface area contributed by atoms with Crippen LogP contribution in [0.5, 0.6) is 5.75 Å². The first-order valence-electron chi connectivity index (χ1n) is 9.99. The topological polar surface area (TPSA) is 58.8 Å². The minimum atomic E-state index is -0.232. The van der Waals surface area contributed by atoms with Crippen molar-refractivity contribution in [2.24, 2.45) is 0 Å². The lowest BCUT2D eigenvalue weighted by Gasteiger charge is -2.34. The Morgan fingerprint density at radius 2 is 1.77 bits per heavy atom. The minimum absolute atomic E-state index is 0.139. The lowest BCUT2D eigenvalue weighted by Crippen LogP contribution is -2.48. The first-order valence-corrected chi connectivity index (χ1v) is 9.99. The van der Waals surface area contributed by atoms with E-state index in [-0.39, 0.29) is 18.3 Å². The van der Waals surface area contributed by atoms with Crippen molar-refractivity contribution >= 4 is 5.91 Å². The standard InChI is InChI=1S/C23H24FN3O3/c1-17-21(16-29-20-5-3-2-4-6-20)22(25-30-17)23(28)27-13-11-26(12-14-27)15-18-7-9-19(24)10-8-18/h2-10H,11-16H2,1H3. The number of para-hydroxylation sites is 1. The highest BCUT2D eigenvalue weighted by molar-refractivity contribution is 5.93. The molecular formula is C23H24FN3O3. The number of carbonyl (C=O) groups is 1. The van der Waals surface area contributed by atoms with Gasteiger partial charge in [-0.1, -0.05) is 35.5 Å². The van der Waals surface area contributed by atoms with Crippen LogP contribution in [0, 0.1) is 12.7 Å². The SMILES string of the molecule is Cc1onc(C(=O)N2CCN(Cc3ccc(F)cc3)CC2)c1COc1ccccc1. The highest BCUT2D eigenvalue weighted by Gasteiger charge is 2.28. The second kappa shape index (κ2) is 9.09. The molecule has 0 N–H and O–H groups in total. The molecule has 0 atom stereocenters. The summed E-state index contributed by atoms with van der Waals surface area (Å²) >= 11 is 0. The maximum Gasteiger partial charge on any atom is 0.276 e. The fraction of sp³-hybridized carbons (Fsp3) is 0.304. The average Bonchev–Trinajstić information content (AvgIpc) is 3.15. The van der Waals surface area contributed by atoms with E-state index in [1.165, 1.54) is 12.1 Å². The Morgan fingerprint density at radius 3 is 2.47 bits per heavy atom. The molecule has 2 aromatic carbocycles. The van der Waals surface area contributed by atoms with E-state index in [4.69, 9.17) is 9.26 Å². The fourth-order valence-corrected chi connectivity index (χ4v) is 3.51. The van der Waals surface area contributed by atoms with Crippen molar-refractivity contribution in [1.29, 1.82) is 0 Å². The van der Waals surface area contributed by atoms with Crippen LogP contribution >= 0.6 is 0 Å². The Kier molecular flexibility index (Phi) is 6.09. The monoisotopic (exact) mass is 409 g/mol. The Morgan fingerprint density at radius 1 is 1.07 bits per heavy atom. The van der Waals surface area contributed by atoms with Crippen LogP contribution in [0.1, 0.15) is 27.4 Å². The van der Waals surface area contributed by atoms with Crippen molar-refractivity contribution in [1.82, 2.24) is 15.0 Å². The number of amides is 1. The molecule has 1 saturated heterocycles. The van der Waals surface area contributed by atoms with Crippen LogP contribution in [0.25, 0.3) is 0 Å². The van der Waals surface area contributed by atoms with Gasteiger partial charge in [-0.05, 0) is 36.8 Å². The van der Waals surface area contributed by atoms with Crippen LogP contribution in [0.4, 0.5) is 4.39 Å². The number of ether oxygens (including phenoxy) is 1. The number of hydrogen-bond acceptors (Lipinski definition) is 5. The lowest BCUT2D eigenvalue weighted by molar-refractivity contribution is 0.0616. The number of hydrogen-bond donors (Lipinski definition) is 0. The number of nitrogens with zero attached hydrogens (tertiary/aromatic N) is 3. The maximum absolute atomic E-state index is 13.1. The van der Waals surface area contributed by atoms with E-state index < -0.39 is 0 Å². The average molecular weight is 409 g/mol. The van der Waals surface area contributed by atoms with Crippen LogP contribution in [-0.2, 0) is 13.2 Å². The third-order valence-corrected chi connectivity index (χ3v) is 5.29. The van der Waals surface area contributed by atoms with Gasteiger partial charge in [0, 0.05) is 32.7 Å². The van der Waals surface area contributed by atoms with Gasteiger partial charge in [0.1, 0.15) is 23.9 Å². The number of benzene rings is 2. The van der Waals surface area contributed by atoms with Crippen molar-refractivity contribution in [3.63, 3.8) is 0 Å². The number of piperazine rings is 1. The van der Waals surface area contributed by atoms with Crippen LogP contribution < -0.4 is 4.74 Å². The second-order valence-corrected chi connectivity index (χ2v) is 7.36. The predicted octanol–water partition coefficient (Wildman–Crippen LogP) is 3.66. The van der Waals surface area contributed by atoms with Crippen LogP contribution in [0.3, 0.4) is 0 Å². The van der Waals surface area contributed by atoms with Crippen LogP contribution in [0.2, 0.25) is 0 Å². The molecule has 1 aliphatic heterocycles. The largest absolute Gasteiger partial charge is 0.489 e. The number of aryl methyl sites for hydroxylation is 1. The Labute approximate surface area is 174 Å². The van der Waals surface area contributed by atoms with E-state index in [0.29, 0.717) is 30.1 Å². The van der Waals surface area contributed by atoms with Crippen molar-refractivity contribution in [2.75, 3.05) is 26.2 Å². The Bertz CT molecular complexity index is 981. The van der Waals surface area contributed by atoms with E-state index in [2.05, 4.69) is 10.1 Å². The molecule has 1 aromatic heterocycles. The van der Waals surface area contributed by atoms with Gasteiger partial charge in [0.2, 0.25) is 0 Å². The van der Waals surface area contributed by atoms with Gasteiger partial charge in [0.15, 0.2) is 5.69 Å². The van der Waals surface area contributed by atoms with Gasteiger partial charge in [-0.25, -0.2) is 4.39 Å². The van der Waals surface area contributed by atoms with Crippen molar-refractivity contribution in [3.8, 4) is 5.75 Å². The first kappa shape index (κ1) is 20.1. The molecule has 1 fully saturated rings. The van der Waals surface area contributed by atoms with Gasteiger partial charge >= 0.3 is 0 Å². The first-order chi connectivity index (χ1) is 14.6. The predicted molar refractivity (Wildman–Crippen MR) is 110 cm³/mol. The van der Waals surface area contributed by atoms with Gasteiger partial charge in [-0.2, -0.15) is 0 Å². The molecule has 3 aromatic rings. The zero-order valence-electron chi connectivity index (χ0n) is 16.9. The van der Waals surface area contributed by atoms with Gasteiger partial charge in [-0.15, -0.1) is 0 Å². The highest BCUT2D eigenvalue weighted by atomic mass is 19.1. The second-order valence-electron chi connectivity index (χ2n) is 7.36. The van der Waals surface area contributed by atoms with Crippen LogP contribution in [0.15, 0.2) is 59.1 Å². The summed E-state index contributed by atoms with van der Waals surface area (Å²) < 4.78 is 24.2. The van der Waals surface area contributed by atoms with E-state index in [1.54, 1.807) is 24.0 Å². The van der Waals surface area contributed by atoms with Gasteiger partial charge in [0.05, 0.1) is 5.56 Å². The lowest BCUT2D eigenvalue weighted by atomic mass is 10.1. The smallest absolute Gasteiger partial charge is 0.276 e. The summed E-state index contributed by atoms with van der Waals surface area (Å²) in [7, 11) is 0. The van der Waals surface area contributed by atoms with E-state index >= 15 is 0 Å². The summed E-state index contributed by atoms with van der Waals surface area (Å²) in [5.74, 6) is 0.944. The Balaban J connectivity index is 1.35. The summed E-state index contributed by atoms with van der Waals surface area (Å²) in [4.78, 5) is 17.1. The Hall–Kier alpha value is -3.19. The van der Waals surface area contributed by atoms with Crippen molar-refractivity contribution < 1.29 is 18.4 Å². The van der Waals surface area contributed by atoms with E-state index in [1.807, 2.05) is 30.3 Å². The van der Waals surface area contributed by atoms with E-state index in [9.17, 15) is 9.18 Å². The van der Waals surface area contributed by atoms with Crippen molar-refractivity contribution in [2.45, 2.75) is 20.1 Å². The fourth-order valence-electron chi connectivity index (χ4n) is 3.51.